The standard InChI is InChI=1S/C24H26BrClN3O/c1-15(28-30-10-9-29(2,3)4)24-20-7-5-18(25)11-16(20)13-21(24)23-14-17-12-19(26)6-8-22(17)27-23/h5-8,11-12,14,27H,9-10,13H2,1-4H3/q+1. The highest BCUT2D eigenvalue weighted by Gasteiger charge is 2.26. The van der Waals surface area contributed by atoms with Crippen molar-refractivity contribution in [3.05, 3.63) is 68.8 Å². The Balaban J connectivity index is 1.73. The highest BCUT2D eigenvalue weighted by atomic mass is 79.9. The van der Waals surface area contributed by atoms with Crippen molar-refractivity contribution < 1.29 is 9.32 Å². The van der Waals surface area contributed by atoms with Crippen LogP contribution in [0.4, 0.5) is 0 Å². The molecule has 4 nitrogen and oxygen atoms in total. The Morgan fingerprint density at radius 2 is 1.97 bits per heavy atom. The van der Waals surface area contributed by atoms with Gasteiger partial charge in [-0.25, -0.2) is 0 Å². The van der Waals surface area contributed by atoms with E-state index in [1.165, 1.54) is 16.7 Å². The molecular formula is C24H26BrClN3O+. The first-order chi connectivity index (χ1) is 14.2. The summed E-state index contributed by atoms with van der Waals surface area (Å²) in [6.45, 7) is 3.51. The molecule has 0 amide bonds. The average Bonchev–Trinajstić information content (AvgIpc) is 3.24. The first-order valence-electron chi connectivity index (χ1n) is 9.99. The Hall–Kier alpha value is -2.08. The Morgan fingerprint density at radius 3 is 2.73 bits per heavy atom. The van der Waals surface area contributed by atoms with E-state index in [0.717, 1.165) is 54.8 Å². The highest BCUT2D eigenvalue weighted by Crippen LogP contribution is 2.41. The van der Waals surface area contributed by atoms with E-state index in [4.69, 9.17) is 16.4 Å². The maximum absolute atomic E-state index is 6.19. The third-order valence-electron chi connectivity index (χ3n) is 5.33. The van der Waals surface area contributed by atoms with Crippen LogP contribution in [-0.4, -0.2) is 49.5 Å². The van der Waals surface area contributed by atoms with E-state index in [1.807, 2.05) is 25.1 Å². The summed E-state index contributed by atoms with van der Waals surface area (Å²) < 4.78 is 1.93. The van der Waals surface area contributed by atoms with Gasteiger partial charge in [0.25, 0.3) is 0 Å². The molecule has 0 saturated carbocycles. The van der Waals surface area contributed by atoms with Gasteiger partial charge in [0.2, 0.25) is 0 Å². The van der Waals surface area contributed by atoms with E-state index < -0.39 is 0 Å². The molecule has 6 heteroatoms. The first kappa shape index (κ1) is 21.2. The zero-order valence-corrected chi connectivity index (χ0v) is 20.1. The molecule has 1 heterocycles. The normalized spacial score (nSPS) is 14.5. The number of rotatable bonds is 6. The number of likely N-dealkylation sites (N-methyl/N-ethyl adjacent to an activating group) is 1. The third kappa shape index (κ3) is 4.48. The lowest BCUT2D eigenvalue weighted by molar-refractivity contribution is -0.870. The van der Waals surface area contributed by atoms with Crippen LogP contribution < -0.4 is 0 Å². The molecule has 0 aliphatic heterocycles. The fourth-order valence-electron chi connectivity index (χ4n) is 3.81. The molecule has 0 radical (unpaired) electrons. The number of hydrogen-bond donors (Lipinski definition) is 1. The summed E-state index contributed by atoms with van der Waals surface area (Å²) in [6.07, 6.45) is 0.844. The molecule has 1 N–H and O–H groups in total. The second-order valence-electron chi connectivity index (χ2n) is 8.77. The highest BCUT2D eigenvalue weighted by molar-refractivity contribution is 9.10. The van der Waals surface area contributed by atoms with Gasteiger partial charge in [-0.15, -0.1) is 0 Å². The number of allylic oxidation sites excluding steroid dienone is 2. The van der Waals surface area contributed by atoms with Crippen LogP contribution in [0.15, 0.2) is 52.1 Å². The van der Waals surface area contributed by atoms with Gasteiger partial charge in [0.05, 0.1) is 26.9 Å². The molecule has 0 unspecified atom stereocenters. The van der Waals surface area contributed by atoms with E-state index in [0.29, 0.717) is 6.61 Å². The SMILES string of the molecule is CC(=NOCC[N+](C)(C)C)C1=C(c2cc3cc(Cl)ccc3[nH]2)Cc2cc(Br)ccc21. The van der Waals surface area contributed by atoms with Gasteiger partial charge < -0.3 is 14.3 Å². The Labute approximate surface area is 190 Å². The van der Waals surface area contributed by atoms with E-state index in [-0.39, 0.29) is 0 Å². The van der Waals surface area contributed by atoms with Gasteiger partial charge in [0.15, 0.2) is 6.61 Å². The second kappa shape index (κ2) is 8.22. The summed E-state index contributed by atoms with van der Waals surface area (Å²) in [5.41, 5.74) is 7.92. The van der Waals surface area contributed by atoms with Crippen LogP contribution in [0.25, 0.3) is 22.0 Å². The topological polar surface area (TPSA) is 37.4 Å². The number of nitrogens with one attached hydrogen (secondary N) is 1. The lowest BCUT2D eigenvalue weighted by atomic mass is 10.0. The van der Waals surface area contributed by atoms with E-state index in [9.17, 15) is 0 Å². The molecule has 156 valence electrons. The number of quaternary nitrogens is 1. The molecule has 1 aromatic heterocycles. The van der Waals surface area contributed by atoms with Crippen LogP contribution in [0.5, 0.6) is 0 Å². The fraction of sp³-hybridized carbons (Fsp3) is 0.292. The van der Waals surface area contributed by atoms with E-state index in [2.05, 4.69) is 71.5 Å². The van der Waals surface area contributed by atoms with Crippen molar-refractivity contribution in [1.29, 1.82) is 0 Å². The van der Waals surface area contributed by atoms with Gasteiger partial charge in [-0.3, -0.25) is 0 Å². The van der Waals surface area contributed by atoms with Gasteiger partial charge >= 0.3 is 0 Å². The number of hydrogen-bond acceptors (Lipinski definition) is 2. The van der Waals surface area contributed by atoms with Crippen molar-refractivity contribution in [1.82, 2.24) is 4.98 Å². The number of oxime groups is 1. The largest absolute Gasteiger partial charge is 0.390 e. The molecule has 2 aromatic carbocycles. The fourth-order valence-corrected chi connectivity index (χ4v) is 4.39. The maximum atomic E-state index is 6.19. The number of nitrogens with zero attached hydrogens (tertiary/aromatic N) is 2. The number of H-pyrrole nitrogens is 1. The van der Waals surface area contributed by atoms with Crippen LogP contribution in [0.3, 0.4) is 0 Å². The minimum Gasteiger partial charge on any atom is -0.390 e. The molecule has 1 aliphatic rings. The number of halogens is 2. The van der Waals surface area contributed by atoms with Crippen LogP contribution in [0.2, 0.25) is 5.02 Å². The molecule has 1 aliphatic carbocycles. The molecule has 4 rings (SSSR count). The second-order valence-corrected chi connectivity index (χ2v) is 10.1. The molecular weight excluding hydrogens is 462 g/mol. The Kier molecular flexibility index (Phi) is 5.80. The third-order valence-corrected chi connectivity index (χ3v) is 6.06. The van der Waals surface area contributed by atoms with Gasteiger partial charge in [-0.2, -0.15) is 0 Å². The van der Waals surface area contributed by atoms with Crippen molar-refractivity contribution in [3.63, 3.8) is 0 Å². The van der Waals surface area contributed by atoms with Gasteiger partial charge in [-0.1, -0.05) is 38.8 Å². The molecule has 0 spiro atoms. The van der Waals surface area contributed by atoms with E-state index >= 15 is 0 Å². The van der Waals surface area contributed by atoms with Crippen LogP contribution in [0.1, 0.15) is 23.7 Å². The zero-order valence-electron chi connectivity index (χ0n) is 17.7. The number of aromatic nitrogens is 1. The van der Waals surface area contributed by atoms with Crippen molar-refractivity contribution in [2.45, 2.75) is 13.3 Å². The predicted octanol–water partition coefficient (Wildman–Crippen LogP) is 6.15. The summed E-state index contributed by atoms with van der Waals surface area (Å²) in [5.74, 6) is 0. The van der Waals surface area contributed by atoms with Gasteiger partial charge in [-0.05, 0) is 60.0 Å². The van der Waals surface area contributed by atoms with Crippen LogP contribution in [-0.2, 0) is 11.3 Å². The summed E-state index contributed by atoms with van der Waals surface area (Å²) in [4.78, 5) is 9.24. The summed E-state index contributed by atoms with van der Waals surface area (Å²) in [5, 5.41) is 6.32. The monoisotopic (exact) mass is 486 g/mol. The molecule has 30 heavy (non-hydrogen) atoms. The molecule has 0 atom stereocenters. The minimum atomic E-state index is 0.585. The van der Waals surface area contributed by atoms with Gasteiger partial charge in [0.1, 0.15) is 6.54 Å². The van der Waals surface area contributed by atoms with Crippen molar-refractivity contribution in [2.75, 3.05) is 34.3 Å². The van der Waals surface area contributed by atoms with Crippen molar-refractivity contribution >= 4 is 55.3 Å². The first-order valence-corrected chi connectivity index (χ1v) is 11.2. The smallest absolute Gasteiger partial charge is 0.165 e. The summed E-state index contributed by atoms with van der Waals surface area (Å²) in [6, 6.07) is 14.5. The number of fused-ring (bicyclic) bond motifs is 2. The van der Waals surface area contributed by atoms with E-state index in [1.54, 1.807) is 0 Å². The van der Waals surface area contributed by atoms with Crippen molar-refractivity contribution in [3.8, 4) is 0 Å². The molecule has 0 fully saturated rings. The Bertz CT molecular complexity index is 1170. The Morgan fingerprint density at radius 1 is 1.17 bits per heavy atom. The molecule has 0 bridgehead atoms. The lowest BCUT2D eigenvalue weighted by Crippen LogP contribution is -2.37. The summed E-state index contributed by atoms with van der Waals surface area (Å²) >= 11 is 9.80. The lowest BCUT2D eigenvalue weighted by Gasteiger charge is -2.22. The minimum absolute atomic E-state index is 0.585. The summed E-state index contributed by atoms with van der Waals surface area (Å²) in [7, 11) is 6.44. The number of benzene rings is 2. The molecule has 0 saturated heterocycles. The van der Waals surface area contributed by atoms with Gasteiger partial charge in [0, 0.05) is 38.1 Å². The quantitative estimate of drug-likeness (QED) is 0.192. The zero-order chi connectivity index (χ0) is 21.5. The average molecular weight is 488 g/mol. The molecule has 3 aromatic rings. The number of aromatic amines is 1. The van der Waals surface area contributed by atoms with Crippen LogP contribution >= 0.6 is 27.5 Å². The van der Waals surface area contributed by atoms with Crippen LogP contribution in [0, 0.1) is 0 Å². The maximum Gasteiger partial charge on any atom is 0.165 e. The van der Waals surface area contributed by atoms with Crippen molar-refractivity contribution in [2.24, 2.45) is 5.16 Å². The predicted molar refractivity (Wildman–Crippen MR) is 130 cm³/mol.